The number of nitrogens with zero attached hydrogens (tertiary/aromatic N) is 3. The quantitative estimate of drug-likeness (QED) is 0.766. The van der Waals surface area contributed by atoms with Crippen molar-refractivity contribution in [1.29, 1.82) is 0 Å². The monoisotopic (exact) mass is 350 g/mol. The van der Waals surface area contributed by atoms with Gasteiger partial charge in [-0.05, 0) is 24.3 Å². The van der Waals surface area contributed by atoms with Gasteiger partial charge in [-0.2, -0.15) is 0 Å². The van der Waals surface area contributed by atoms with Gasteiger partial charge in [0, 0.05) is 18.8 Å². The number of anilines is 1. The summed E-state index contributed by atoms with van der Waals surface area (Å²) >= 11 is 0. The average Bonchev–Trinajstić information content (AvgIpc) is 3.24. The van der Waals surface area contributed by atoms with E-state index in [2.05, 4.69) is 10.3 Å². The van der Waals surface area contributed by atoms with Crippen LogP contribution in [0, 0.1) is 0 Å². The fourth-order valence-electron chi connectivity index (χ4n) is 2.98. The van der Waals surface area contributed by atoms with Crippen molar-refractivity contribution >= 4 is 28.7 Å². The Morgan fingerprint density at radius 3 is 2.65 bits per heavy atom. The van der Waals surface area contributed by atoms with E-state index in [1.54, 1.807) is 4.90 Å². The third-order valence-corrected chi connectivity index (χ3v) is 4.27. The number of nitrogens with one attached hydrogen (secondary N) is 1. The van der Waals surface area contributed by atoms with Crippen LogP contribution >= 0.6 is 0 Å². The summed E-state index contributed by atoms with van der Waals surface area (Å²) in [4.78, 5) is 32.2. The highest BCUT2D eigenvalue weighted by Gasteiger charge is 2.30. The molecule has 4 rings (SSSR count). The highest BCUT2D eigenvalue weighted by Crippen LogP contribution is 2.19. The fourth-order valence-corrected chi connectivity index (χ4v) is 2.98. The molecule has 26 heavy (non-hydrogen) atoms. The molecule has 1 aromatic heterocycles. The van der Waals surface area contributed by atoms with Gasteiger partial charge in [0.1, 0.15) is 12.1 Å². The summed E-state index contributed by atoms with van der Waals surface area (Å²) in [5, 5.41) is 2.75. The van der Waals surface area contributed by atoms with Crippen molar-refractivity contribution in [1.82, 2.24) is 15.2 Å². The van der Waals surface area contributed by atoms with Crippen LogP contribution in [-0.4, -0.2) is 41.5 Å². The first-order valence-corrected chi connectivity index (χ1v) is 8.43. The van der Waals surface area contributed by atoms with Crippen molar-refractivity contribution in [3.63, 3.8) is 0 Å². The van der Waals surface area contributed by atoms with Crippen LogP contribution in [0.15, 0.2) is 59.0 Å². The third-order valence-electron chi connectivity index (χ3n) is 4.27. The minimum absolute atomic E-state index is 0.0163. The van der Waals surface area contributed by atoms with Crippen molar-refractivity contribution in [2.45, 2.75) is 6.54 Å². The molecule has 1 N–H and O–H groups in total. The number of carbonyl (C=O) groups is 2. The Kier molecular flexibility index (Phi) is 4.27. The smallest absolute Gasteiger partial charge is 0.325 e. The van der Waals surface area contributed by atoms with Crippen LogP contribution in [0.4, 0.5) is 10.5 Å². The third kappa shape index (κ3) is 3.23. The van der Waals surface area contributed by atoms with E-state index in [0.717, 1.165) is 11.2 Å². The normalized spacial score (nSPS) is 14.2. The van der Waals surface area contributed by atoms with Gasteiger partial charge in [0.15, 0.2) is 5.58 Å². The predicted molar refractivity (Wildman–Crippen MR) is 96.6 cm³/mol. The van der Waals surface area contributed by atoms with E-state index in [0.29, 0.717) is 24.6 Å². The first kappa shape index (κ1) is 16.1. The Balaban J connectivity index is 1.33. The number of hydrogen-bond acceptors (Lipinski definition) is 4. The molecule has 0 bridgehead atoms. The number of urea groups is 1. The summed E-state index contributed by atoms with van der Waals surface area (Å²) in [7, 11) is 0. The second kappa shape index (κ2) is 6.87. The molecule has 0 aliphatic carbocycles. The van der Waals surface area contributed by atoms with Crippen LogP contribution < -0.4 is 10.2 Å². The van der Waals surface area contributed by atoms with Gasteiger partial charge in [-0.15, -0.1) is 0 Å². The Labute approximate surface area is 150 Å². The molecule has 1 fully saturated rings. The first-order valence-electron chi connectivity index (χ1n) is 8.43. The van der Waals surface area contributed by atoms with Gasteiger partial charge in [-0.3, -0.25) is 9.69 Å². The van der Waals surface area contributed by atoms with Gasteiger partial charge in [0.2, 0.25) is 11.8 Å². The summed E-state index contributed by atoms with van der Waals surface area (Å²) in [6.45, 7) is 1.30. The van der Waals surface area contributed by atoms with E-state index in [9.17, 15) is 9.59 Å². The minimum atomic E-state index is -0.240. The van der Waals surface area contributed by atoms with Crippen molar-refractivity contribution in [2.24, 2.45) is 0 Å². The lowest BCUT2D eigenvalue weighted by atomic mass is 10.3. The Morgan fingerprint density at radius 2 is 1.85 bits per heavy atom. The van der Waals surface area contributed by atoms with Crippen LogP contribution in [0.5, 0.6) is 0 Å². The maximum atomic E-state index is 12.5. The van der Waals surface area contributed by atoms with Crippen LogP contribution in [-0.2, 0) is 11.3 Å². The molecule has 0 radical (unpaired) electrons. The number of oxazole rings is 1. The molecule has 0 saturated carbocycles. The molecule has 132 valence electrons. The van der Waals surface area contributed by atoms with Crippen LogP contribution in [0.1, 0.15) is 5.89 Å². The zero-order chi connectivity index (χ0) is 17.9. The number of para-hydroxylation sites is 3. The summed E-state index contributed by atoms with van der Waals surface area (Å²) in [5.41, 5.74) is 2.28. The van der Waals surface area contributed by atoms with Crippen LogP contribution in [0.25, 0.3) is 11.1 Å². The number of hydrogen-bond donors (Lipinski definition) is 1. The van der Waals surface area contributed by atoms with E-state index in [-0.39, 0.29) is 25.0 Å². The van der Waals surface area contributed by atoms with E-state index in [4.69, 9.17) is 4.42 Å². The van der Waals surface area contributed by atoms with Gasteiger partial charge in [-0.1, -0.05) is 30.3 Å². The molecule has 1 saturated heterocycles. The maximum absolute atomic E-state index is 12.5. The van der Waals surface area contributed by atoms with Crippen LogP contribution in [0.2, 0.25) is 0 Å². The van der Waals surface area contributed by atoms with Gasteiger partial charge < -0.3 is 14.6 Å². The largest absolute Gasteiger partial charge is 0.439 e. The molecule has 7 heteroatoms. The molecule has 0 spiro atoms. The standard InChI is InChI=1S/C19H18N4O3/c24-17(20-12-18-21-15-8-4-5-9-16(15)26-18)13-22-10-11-23(19(22)25)14-6-2-1-3-7-14/h1-9H,10-13H2,(H,20,24). The lowest BCUT2D eigenvalue weighted by molar-refractivity contribution is -0.121. The zero-order valence-corrected chi connectivity index (χ0v) is 14.1. The molecule has 3 amide bonds. The molecular weight excluding hydrogens is 332 g/mol. The summed E-state index contributed by atoms with van der Waals surface area (Å²) in [6, 6.07) is 16.7. The highest BCUT2D eigenvalue weighted by atomic mass is 16.3. The Bertz CT molecular complexity index is 905. The Morgan fingerprint density at radius 1 is 1.08 bits per heavy atom. The number of carbonyl (C=O) groups excluding carboxylic acids is 2. The van der Waals surface area contributed by atoms with E-state index in [1.165, 1.54) is 4.90 Å². The number of rotatable bonds is 5. The zero-order valence-electron chi connectivity index (χ0n) is 14.1. The fraction of sp³-hybridized carbons (Fsp3) is 0.211. The summed E-state index contributed by atoms with van der Waals surface area (Å²) < 4.78 is 5.57. The Hall–Kier alpha value is -3.35. The van der Waals surface area contributed by atoms with Crippen molar-refractivity contribution in [3.8, 4) is 0 Å². The number of benzene rings is 2. The molecule has 0 unspecified atom stereocenters. The van der Waals surface area contributed by atoms with Gasteiger partial charge in [0.05, 0.1) is 6.54 Å². The second-order valence-corrected chi connectivity index (χ2v) is 6.04. The van der Waals surface area contributed by atoms with Gasteiger partial charge in [0.25, 0.3) is 0 Å². The number of fused-ring (bicyclic) bond motifs is 1. The van der Waals surface area contributed by atoms with E-state index < -0.39 is 0 Å². The summed E-state index contributed by atoms with van der Waals surface area (Å²) in [6.07, 6.45) is 0. The molecule has 2 heterocycles. The second-order valence-electron chi connectivity index (χ2n) is 6.04. The van der Waals surface area contributed by atoms with Gasteiger partial charge in [-0.25, -0.2) is 9.78 Å². The van der Waals surface area contributed by atoms with Gasteiger partial charge >= 0.3 is 6.03 Å². The van der Waals surface area contributed by atoms with Crippen molar-refractivity contribution in [3.05, 3.63) is 60.5 Å². The lowest BCUT2D eigenvalue weighted by Gasteiger charge is -2.18. The molecule has 2 aromatic carbocycles. The molecular formula is C19H18N4O3. The molecule has 0 atom stereocenters. The molecule has 1 aliphatic heterocycles. The molecule has 3 aromatic rings. The molecule has 1 aliphatic rings. The van der Waals surface area contributed by atoms with E-state index >= 15 is 0 Å². The topological polar surface area (TPSA) is 78.7 Å². The van der Waals surface area contributed by atoms with E-state index in [1.807, 2.05) is 54.6 Å². The average molecular weight is 350 g/mol. The predicted octanol–water partition coefficient (Wildman–Crippen LogP) is 2.39. The van der Waals surface area contributed by atoms with Crippen molar-refractivity contribution in [2.75, 3.05) is 24.5 Å². The molecule has 7 nitrogen and oxygen atoms in total. The number of amides is 3. The first-order chi connectivity index (χ1) is 12.7. The number of aromatic nitrogens is 1. The van der Waals surface area contributed by atoms with Crippen molar-refractivity contribution < 1.29 is 14.0 Å². The minimum Gasteiger partial charge on any atom is -0.439 e. The lowest BCUT2D eigenvalue weighted by Crippen LogP contribution is -2.39. The maximum Gasteiger partial charge on any atom is 0.325 e. The summed E-state index contributed by atoms with van der Waals surface area (Å²) in [5.74, 6) is 0.203. The SMILES string of the molecule is O=C(CN1CCN(c2ccccc2)C1=O)NCc1nc2ccccc2o1. The van der Waals surface area contributed by atoms with Crippen LogP contribution in [0.3, 0.4) is 0 Å². The highest BCUT2D eigenvalue weighted by molar-refractivity contribution is 5.96.